The van der Waals surface area contributed by atoms with E-state index < -0.39 is 0 Å². The molecule has 0 spiro atoms. The molecule has 0 amide bonds. The fourth-order valence-corrected chi connectivity index (χ4v) is 2.26. The molecule has 0 radical (unpaired) electrons. The summed E-state index contributed by atoms with van der Waals surface area (Å²) in [6, 6.07) is 6.81. The second-order valence-corrected chi connectivity index (χ2v) is 4.91. The summed E-state index contributed by atoms with van der Waals surface area (Å²) in [4.78, 5) is 20.2. The minimum Gasteiger partial charge on any atom is -0.463 e. The molecule has 0 saturated heterocycles. The summed E-state index contributed by atoms with van der Waals surface area (Å²) < 4.78 is 12.0. The molecule has 3 aromatic heterocycles. The Morgan fingerprint density at radius 1 is 1.35 bits per heavy atom. The average Bonchev–Trinajstić information content (AvgIpc) is 3.08. The first-order chi connectivity index (χ1) is 11.2. The van der Waals surface area contributed by atoms with Crippen LogP contribution in [0.4, 0.5) is 5.95 Å². The molecule has 0 bridgehead atoms. The van der Waals surface area contributed by atoms with Gasteiger partial charge in [-0.3, -0.25) is 4.79 Å². The highest BCUT2D eigenvalue weighted by molar-refractivity contribution is 5.78. The lowest BCUT2D eigenvalue weighted by Gasteiger charge is -2.10. The number of nitrogen functional groups attached to an aromatic ring is 1. The van der Waals surface area contributed by atoms with E-state index in [0.29, 0.717) is 24.6 Å². The lowest BCUT2D eigenvalue weighted by Crippen LogP contribution is -2.20. The van der Waals surface area contributed by atoms with Crippen LogP contribution in [0.25, 0.3) is 22.6 Å². The summed E-state index contributed by atoms with van der Waals surface area (Å²) in [5.41, 5.74) is 7.72. The van der Waals surface area contributed by atoms with Crippen LogP contribution in [0.15, 0.2) is 52.1 Å². The molecular weight excluding hydrogens is 296 g/mol. The van der Waals surface area contributed by atoms with Crippen molar-refractivity contribution in [2.24, 2.45) is 0 Å². The molecule has 3 aromatic rings. The number of furan rings is 1. The average molecular weight is 312 g/mol. The first kappa shape index (κ1) is 15.0. The molecule has 0 aliphatic rings. The molecule has 0 aromatic carbocycles. The van der Waals surface area contributed by atoms with Crippen molar-refractivity contribution < 1.29 is 9.15 Å². The third-order valence-corrected chi connectivity index (χ3v) is 3.39. The number of aromatic nitrogens is 3. The van der Waals surface area contributed by atoms with Crippen LogP contribution in [0.3, 0.4) is 0 Å². The molecule has 0 aliphatic carbocycles. The van der Waals surface area contributed by atoms with Crippen LogP contribution < -0.4 is 11.3 Å². The largest absolute Gasteiger partial charge is 0.463 e. The third-order valence-electron chi connectivity index (χ3n) is 3.39. The Morgan fingerprint density at radius 3 is 2.96 bits per heavy atom. The summed E-state index contributed by atoms with van der Waals surface area (Å²) in [5.74, 6) is 0.747. The van der Waals surface area contributed by atoms with Crippen molar-refractivity contribution in [3.63, 3.8) is 0 Å². The van der Waals surface area contributed by atoms with Gasteiger partial charge >= 0.3 is 0 Å². The number of nitrogens with zero attached hydrogens (tertiary/aromatic N) is 3. The summed E-state index contributed by atoms with van der Waals surface area (Å²) in [7, 11) is 1.59. The Hall–Kier alpha value is -2.93. The first-order valence-electron chi connectivity index (χ1n) is 7.05. The second-order valence-electron chi connectivity index (χ2n) is 4.91. The van der Waals surface area contributed by atoms with E-state index in [1.807, 2.05) is 0 Å². The highest BCUT2D eigenvalue weighted by atomic mass is 16.5. The number of methoxy groups -OCH3 is 1. The lowest BCUT2D eigenvalue weighted by atomic mass is 10.1. The van der Waals surface area contributed by atoms with Gasteiger partial charge in [0.15, 0.2) is 5.76 Å². The summed E-state index contributed by atoms with van der Waals surface area (Å²) in [6.45, 7) is 0.918. The van der Waals surface area contributed by atoms with E-state index in [0.717, 1.165) is 11.1 Å². The van der Waals surface area contributed by atoms with Gasteiger partial charge in [0.1, 0.15) is 5.69 Å². The van der Waals surface area contributed by atoms with Crippen molar-refractivity contribution >= 4 is 5.95 Å². The first-order valence-corrected chi connectivity index (χ1v) is 7.05. The molecule has 0 unspecified atom stereocenters. The standard InChI is InChI=1S/C16H16N4O3/c1-22-8-6-20-10-11(4-5-14(20)21)12-9-18-16(17)19-15(12)13-3-2-7-23-13/h2-5,7,9-10H,6,8H2,1H3,(H2,17,18,19). The smallest absolute Gasteiger partial charge is 0.250 e. The molecular formula is C16H16N4O3. The number of rotatable bonds is 5. The van der Waals surface area contributed by atoms with E-state index in [1.165, 1.54) is 6.07 Å². The van der Waals surface area contributed by atoms with Gasteiger partial charge in [-0.25, -0.2) is 9.97 Å². The summed E-state index contributed by atoms with van der Waals surface area (Å²) in [5, 5.41) is 0. The Balaban J connectivity index is 2.10. The van der Waals surface area contributed by atoms with Crippen molar-refractivity contribution in [2.45, 2.75) is 6.54 Å². The molecule has 2 N–H and O–H groups in total. The molecule has 0 aliphatic heterocycles. The van der Waals surface area contributed by atoms with Gasteiger partial charge in [-0.1, -0.05) is 0 Å². The van der Waals surface area contributed by atoms with E-state index in [4.69, 9.17) is 14.9 Å². The maximum atomic E-state index is 11.9. The second kappa shape index (κ2) is 6.45. The van der Waals surface area contributed by atoms with Gasteiger partial charge in [0.25, 0.3) is 5.56 Å². The Bertz CT molecular complexity index is 856. The molecule has 3 rings (SSSR count). The Kier molecular flexibility index (Phi) is 4.20. The minimum absolute atomic E-state index is 0.0956. The van der Waals surface area contributed by atoms with Crippen LogP contribution in [-0.2, 0) is 11.3 Å². The predicted molar refractivity (Wildman–Crippen MR) is 85.7 cm³/mol. The minimum atomic E-state index is -0.0956. The van der Waals surface area contributed by atoms with Gasteiger partial charge in [0.05, 0.1) is 12.9 Å². The third kappa shape index (κ3) is 3.14. The predicted octanol–water partition coefficient (Wildman–Crippen LogP) is 1.79. The van der Waals surface area contributed by atoms with Crippen LogP contribution in [0.5, 0.6) is 0 Å². The van der Waals surface area contributed by atoms with Crippen molar-refractivity contribution in [1.82, 2.24) is 14.5 Å². The fraction of sp³-hybridized carbons (Fsp3) is 0.188. The molecule has 0 atom stereocenters. The molecule has 0 saturated carbocycles. The zero-order valence-electron chi connectivity index (χ0n) is 12.6. The van der Waals surface area contributed by atoms with Crippen LogP contribution in [0, 0.1) is 0 Å². The van der Waals surface area contributed by atoms with Crippen LogP contribution >= 0.6 is 0 Å². The van der Waals surface area contributed by atoms with E-state index >= 15 is 0 Å². The highest BCUT2D eigenvalue weighted by Crippen LogP contribution is 2.30. The zero-order valence-corrected chi connectivity index (χ0v) is 12.6. The van der Waals surface area contributed by atoms with Crippen LogP contribution in [0.1, 0.15) is 0 Å². The molecule has 23 heavy (non-hydrogen) atoms. The van der Waals surface area contributed by atoms with E-state index in [2.05, 4.69) is 9.97 Å². The van der Waals surface area contributed by atoms with Crippen LogP contribution in [-0.4, -0.2) is 28.3 Å². The quantitative estimate of drug-likeness (QED) is 0.771. The lowest BCUT2D eigenvalue weighted by molar-refractivity contribution is 0.186. The number of anilines is 1. The van der Waals surface area contributed by atoms with Crippen molar-refractivity contribution in [1.29, 1.82) is 0 Å². The molecule has 0 fully saturated rings. The number of ether oxygens (including phenoxy) is 1. The normalized spacial score (nSPS) is 10.8. The van der Waals surface area contributed by atoms with E-state index in [1.54, 1.807) is 48.5 Å². The molecule has 7 nitrogen and oxygen atoms in total. The fourth-order valence-electron chi connectivity index (χ4n) is 2.26. The van der Waals surface area contributed by atoms with Crippen LogP contribution in [0.2, 0.25) is 0 Å². The van der Waals surface area contributed by atoms with E-state index in [9.17, 15) is 4.79 Å². The van der Waals surface area contributed by atoms with Gasteiger partial charge in [0, 0.05) is 43.2 Å². The topological polar surface area (TPSA) is 96.2 Å². The van der Waals surface area contributed by atoms with Crippen molar-refractivity contribution in [2.75, 3.05) is 19.5 Å². The summed E-state index contributed by atoms with van der Waals surface area (Å²) >= 11 is 0. The van der Waals surface area contributed by atoms with Gasteiger partial charge in [-0.15, -0.1) is 0 Å². The van der Waals surface area contributed by atoms with Crippen molar-refractivity contribution in [3.8, 4) is 22.6 Å². The maximum Gasteiger partial charge on any atom is 0.250 e. The number of hydrogen-bond acceptors (Lipinski definition) is 6. The number of nitrogens with two attached hydrogens (primary N) is 1. The van der Waals surface area contributed by atoms with Gasteiger partial charge in [-0.2, -0.15) is 0 Å². The van der Waals surface area contributed by atoms with Gasteiger partial charge in [-0.05, 0) is 18.2 Å². The van der Waals surface area contributed by atoms with Gasteiger partial charge < -0.3 is 19.5 Å². The molecule has 3 heterocycles. The van der Waals surface area contributed by atoms with Crippen molar-refractivity contribution in [3.05, 3.63) is 53.3 Å². The van der Waals surface area contributed by atoms with E-state index in [-0.39, 0.29) is 11.5 Å². The zero-order chi connectivity index (χ0) is 16.2. The van der Waals surface area contributed by atoms with Gasteiger partial charge in [0.2, 0.25) is 5.95 Å². The molecule has 7 heteroatoms. The SMILES string of the molecule is COCCn1cc(-c2cnc(N)nc2-c2ccco2)ccc1=O. The number of pyridine rings is 1. The highest BCUT2D eigenvalue weighted by Gasteiger charge is 2.14. The monoisotopic (exact) mass is 312 g/mol. The Morgan fingerprint density at radius 2 is 2.22 bits per heavy atom. The number of hydrogen-bond donors (Lipinski definition) is 1. The maximum absolute atomic E-state index is 11.9. The Labute approximate surface area is 132 Å². The summed E-state index contributed by atoms with van der Waals surface area (Å²) in [6.07, 6.45) is 4.94. The molecule has 118 valence electrons.